The molecule has 2 rings (SSSR count). The Morgan fingerprint density at radius 2 is 1.52 bits per heavy atom. The summed E-state index contributed by atoms with van der Waals surface area (Å²) < 4.78 is 16.5. The molecule has 6 heteroatoms. The predicted octanol–water partition coefficient (Wildman–Crippen LogP) is 4.31. The van der Waals surface area contributed by atoms with E-state index in [1.165, 1.54) is 0 Å². The second kappa shape index (κ2) is 8.25. The summed E-state index contributed by atoms with van der Waals surface area (Å²) in [5.41, 5.74) is 1.52. The third kappa shape index (κ3) is 4.07. The van der Waals surface area contributed by atoms with Crippen molar-refractivity contribution in [2.75, 3.05) is 28.4 Å². The van der Waals surface area contributed by atoms with E-state index in [2.05, 4.69) is 15.9 Å². The van der Waals surface area contributed by atoms with Gasteiger partial charge in [-0.1, -0.05) is 12.1 Å². The molecule has 0 bridgehead atoms. The van der Waals surface area contributed by atoms with Gasteiger partial charge in [0.15, 0.2) is 0 Å². The number of halogens is 1. The highest BCUT2D eigenvalue weighted by Gasteiger charge is 2.22. The monoisotopic (exact) mass is 407 g/mol. The van der Waals surface area contributed by atoms with E-state index in [9.17, 15) is 4.79 Å². The summed E-state index contributed by atoms with van der Waals surface area (Å²) >= 11 is 3.41. The Bertz CT molecular complexity index is 721. The lowest BCUT2D eigenvalue weighted by atomic mass is 10.1. The van der Waals surface area contributed by atoms with Crippen molar-refractivity contribution in [1.29, 1.82) is 0 Å². The van der Waals surface area contributed by atoms with Crippen LogP contribution in [0.3, 0.4) is 0 Å². The molecule has 0 aliphatic heterocycles. The van der Waals surface area contributed by atoms with E-state index in [1.807, 2.05) is 31.2 Å². The number of carbonyl (C=O) groups is 1. The summed E-state index contributed by atoms with van der Waals surface area (Å²) in [7, 11) is 6.51. The Morgan fingerprint density at radius 1 is 1.00 bits per heavy atom. The maximum absolute atomic E-state index is 12.9. The molecule has 0 aliphatic carbocycles. The van der Waals surface area contributed by atoms with Crippen LogP contribution in [0.15, 0.2) is 40.9 Å². The van der Waals surface area contributed by atoms with Gasteiger partial charge in [-0.3, -0.25) is 4.79 Å². The molecule has 0 saturated carbocycles. The first-order valence-electron chi connectivity index (χ1n) is 7.75. The molecule has 1 amide bonds. The number of ether oxygens (including phenoxy) is 3. The average Bonchev–Trinajstić information content (AvgIpc) is 2.66. The number of nitrogens with zero attached hydrogens (tertiary/aromatic N) is 1. The molecular weight excluding hydrogens is 386 g/mol. The van der Waals surface area contributed by atoms with Gasteiger partial charge in [0, 0.05) is 12.6 Å². The third-order valence-corrected chi connectivity index (χ3v) is 4.97. The van der Waals surface area contributed by atoms with E-state index in [1.54, 1.807) is 45.4 Å². The van der Waals surface area contributed by atoms with E-state index in [-0.39, 0.29) is 11.9 Å². The van der Waals surface area contributed by atoms with Crippen molar-refractivity contribution >= 4 is 21.8 Å². The number of rotatable bonds is 6. The van der Waals surface area contributed by atoms with Crippen LogP contribution in [-0.4, -0.2) is 39.2 Å². The van der Waals surface area contributed by atoms with Crippen molar-refractivity contribution in [3.8, 4) is 17.2 Å². The van der Waals surface area contributed by atoms with E-state index >= 15 is 0 Å². The fourth-order valence-corrected chi connectivity index (χ4v) is 3.03. The van der Waals surface area contributed by atoms with Crippen molar-refractivity contribution in [2.45, 2.75) is 13.0 Å². The Balaban J connectivity index is 2.29. The van der Waals surface area contributed by atoms with E-state index in [0.29, 0.717) is 21.5 Å². The minimum atomic E-state index is -0.118. The van der Waals surface area contributed by atoms with Crippen molar-refractivity contribution < 1.29 is 19.0 Å². The summed E-state index contributed by atoms with van der Waals surface area (Å²) in [5.74, 6) is 1.76. The minimum absolute atomic E-state index is 0.0981. The molecule has 0 heterocycles. The summed E-state index contributed by atoms with van der Waals surface area (Å²) in [6.45, 7) is 1.98. The molecule has 0 N–H and O–H groups in total. The van der Waals surface area contributed by atoms with Crippen LogP contribution >= 0.6 is 15.9 Å². The maximum atomic E-state index is 12.9. The van der Waals surface area contributed by atoms with Crippen molar-refractivity contribution in [1.82, 2.24) is 4.90 Å². The Morgan fingerprint density at radius 3 is 1.96 bits per heavy atom. The quantitative estimate of drug-likeness (QED) is 0.715. The minimum Gasteiger partial charge on any atom is -0.497 e. The van der Waals surface area contributed by atoms with Gasteiger partial charge in [0.05, 0.1) is 27.4 Å². The normalized spacial score (nSPS) is 11.6. The maximum Gasteiger partial charge on any atom is 0.254 e. The van der Waals surface area contributed by atoms with Crippen LogP contribution in [-0.2, 0) is 0 Å². The van der Waals surface area contributed by atoms with Crippen molar-refractivity contribution in [3.05, 3.63) is 52.0 Å². The Labute approximate surface area is 156 Å². The first-order chi connectivity index (χ1) is 11.9. The number of amides is 1. The van der Waals surface area contributed by atoms with Crippen LogP contribution in [0.1, 0.15) is 28.9 Å². The number of hydrogen-bond acceptors (Lipinski definition) is 4. The van der Waals surface area contributed by atoms with Gasteiger partial charge in [0.1, 0.15) is 21.7 Å². The van der Waals surface area contributed by atoms with Crippen LogP contribution in [0.5, 0.6) is 17.2 Å². The lowest BCUT2D eigenvalue weighted by molar-refractivity contribution is 0.0742. The first kappa shape index (κ1) is 19.1. The molecule has 5 nitrogen and oxygen atoms in total. The highest BCUT2D eigenvalue weighted by molar-refractivity contribution is 9.10. The molecule has 2 aromatic carbocycles. The molecule has 2 aromatic rings. The molecular formula is C19H22BrNO4. The van der Waals surface area contributed by atoms with Gasteiger partial charge < -0.3 is 19.1 Å². The topological polar surface area (TPSA) is 48.0 Å². The fourth-order valence-electron chi connectivity index (χ4n) is 2.48. The highest BCUT2D eigenvalue weighted by atomic mass is 79.9. The molecule has 1 unspecified atom stereocenters. The zero-order chi connectivity index (χ0) is 18.6. The molecule has 0 spiro atoms. The van der Waals surface area contributed by atoms with Gasteiger partial charge in [-0.25, -0.2) is 0 Å². The van der Waals surface area contributed by atoms with E-state index < -0.39 is 0 Å². The second-order valence-electron chi connectivity index (χ2n) is 5.56. The molecule has 0 aliphatic rings. The van der Waals surface area contributed by atoms with Gasteiger partial charge in [0.25, 0.3) is 5.91 Å². The molecule has 0 radical (unpaired) electrons. The number of benzene rings is 2. The van der Waals surface area contributed by atoms with Crippen molar-refractivity contribution in [3.63, 3.8) is 0 Å². The molecule has 1 atom stereocenters. The largest absolute Gasteiger partial charge is 0.497 e. The zero-order valence-electron chi connectivity index (χ0n) is 15.0. The van der Waals surface area contributed by atoms with Gasteiger partial charge in [-0.05, 0) is 52.7 Å². The number of hydrogen-bond donors (Lipinski definition) is 0. The highest BCUT2D eigenvalue weighted by Crippen LogP contribution is 2.36. The lowest BCUT2D eigenvalue weighted by Gasteiger charge is -2.26. The number of carbonyl (C=O) groups excluding carboxylic acids is 1. The third-order valence-electron chi connectivity index (χ3n) is 4.19. The van der Waals surface area contributed by atoms with Crippen molar-refractivity contribution in [2.24, 2.45) is 0 Å². The van der Waals surface area contributed by atoms with Crippen LogP contribution in [0.4, 0.5) is 0 Å². The van der Waals surface area contributed by atoms with Gasteiger partial charge in [-0.2, -0.15) is 0 Å². The summed E-state index contributed by atoms with van der Waals surface area (Å²) in [6, 6.07) is 11.0. The van der Waals surface area contributed by atoms with Crippen LogP contribution < -0.4 is 14.2 Å². The SMILES string of the molecule is COc1ccc(C(C)N(C)C(=O)c2cc(OC)c(Br)c(OC)c2)cc1. The average molecular weight is 408 g/mol. The van der Waals surface area contributed by atoms with Gasteiger partial charge in [-0.15, -0.1) is 0 Å². The van der Waals surface area contributed by atoms with Crippen LogP contribution in [0.25, 0.3) is 0 Å². The smallest absolute Gasteiger partial charge is 0.254 e. The first-order valence-corrected chi connectivity index (χ1v) is 8.54. The zero-order valence-corrected chi connectivity index (χ0v) is 16.6. The van der Waals surface area contributed by atoms with Gasteiger partial charge >= 0.3 is 0 Å². The molecule has 25 heavy (non-hydrogen) atoms. The van der Waals surface area contributed by atoms with E-state index in [0.717, 1.165) is 11.3 Å². The summed E-state index contributed by atoms with van der Waals surface area (Å²) in [4.78, 5) is 14.6. The van der Waals surface area contributed by atoms with E-state index in [4.69, 9.17) is 14.2 Å². The fraction of sp³-hybridized carbons (Fsp3) is 0.316. The predicted molar refractivity (Wildman–Crippen MR) is 101 cm³/mol. The Kier molecular flexibility index (Phi) is 6.31. The van der Waals surface area contributed by atoms with Crippen LogP contribution in [0.2, 0.25) is 0 Å². The molecule has 0 fully saturated rings. The second-order valence-corrected chi connectivity index (χ2v) is 6.35. The number of methoxy groups -OCH3 is 3. The summed E-state index contributed by atoms with van der Waals surface area (Å²) in [5, 5.41) is 0. The Hall–Kier alpha value is -2.21. The standard InChI is InChI=1S/C19H22BrNO4/c1-12(13-6-8-15(23-3)9-7-13)21(2)19(22)14-10-16(24-4)18(20)17(11-14)25-5/h6-12H,1-5H3. The molecule has 134 valence electrons. The summed E-state index contributed by atoms with van der Waals surface area (Å²) in [6.07, 6.45) is 0. The molecule has 0 aromatic heterocycles. The molecule has 0 saturated heterocycles. The lowest BCUT2D eigenvalue weighted by Crippen LogP contribution is -2.29. The van der Waals surface area contributed by atoms with Gasteiger partial charge in [0.2, 0.25) is 0 Å². The van der Waals surface area contributed by atoms with Crippen LogP contribution in [0, 0.1) is 0 Å².